The molecule has 0 aromatic heterocycles. The van der Waals surface area contributed by atoms with Gasteiger partial charge >= 0.3 is 0 Å². The fraction of sp³-hybridized carbons (Fsp3) is 0.222. The Labute approximate surface area is 135 Å². The van der Waals surface area contributed by atoms with Crippen LogP contribution in [0.5, 0.6) is 0 Å². The van der Waals surface area contributed by atoms with E-state index in [1.165, 1.54) is 0 Å². The summed E-state index contributed by atoms with van der Waals surface area (Å²) in [4.78, 5) is 14.8. The third kappa shape index (κ3) is 2.59. The van der Waals surface area contributed by atoms with Gasteiger partial charge in [-0.15, -0.1) is 0 Å². The average Bonchev–Trinajstić information content (AvgIpc) is 2.94. The Bertz CT molecular complexity index is 661. The molecule has 0 aliphatic carbocycles. The van der Waals surface area contributed by atoms with Crippen molar-refractivity contribution in [2.75, 3.05) is 13.1 Å². The van der Waals surface area contributed by atoms with E-state index < -0.39 is 5.41 Å². The number of hydrogen-bond acceptors (Lipinski definition) is 3. The molecule has 5 nitrogen and oxygen atoms in total. The van der Waals surface area contributed by atoms with Crippen LogP contribution in [0.25, 0.3) is 0 Å². The summed E-state index contributed by atoms with van der Waals surface area (Å²) in [5.74, 6) is -0.120. The summed E-state index contributed by atoms with van der Waals surface area (Å²) in [6.07, 6.45) is 0.651. The van der Waals surface area contributed by atoms with Crippen LogP contribution in [0.3, 0.4) is 0 Å². The Morgan fingerprint density at radius 1 is 1.09 bits per heavy atom. The molecule has 1 aliphatic rings. The fourth-order valence-electron chi connectivity index (χ4n) is 3.31. The molecule has 5 heteroatoms. The molecule has 118 valence electrons. The van der Waals surface area contributed by atoms with Gasteiger partial charge in [-0.3, -0.25) is 20.9 Å². The quantitative estimate of drug-likeness (QED) is 0.460. The number of hydroxylamine groups is 1. The number of amidine groups is 1. The van der Waals surface area contributed by atoms with Gasteiger partial charge in [-0.2, -0.15) is 0 Å². The molecule has 1 saturated heterocycles. The minimum Gasteiger partial charge on any atom is -0.334 e. The van der Waals surface area contributed by atoms with Gasteiger partial charge in [-0.1, -0.05) is 60.7 Å². The third-order valence-electron chi connectivity index (χ3n) is 4.43. The second-order valence-electron chi connectivity index (χ2n) is 5.70. The van der Waals surface area contributed by atoms with Crippen LogP contribution in [0.4, 0.5) is 0 Å². The summed E-state index contributed by atoms with van der Waals surface area (Å²) in [5, 5.41) is 16.4. The van der Waals surface area contributed by atoms with E-state index in [0.717, 1.165) is 11.1 Å². The highest BCUT2D eigenvalue weighted by atomic mass is 16.5. The minimum absolute atomic E-state index is 0.0325. The molecule has 0 spiro atoms. The minimum atomic E-state index is -0.724. The predicted molar refractivity (Wildman–Crippen MR) is 87.5 cm³/mol. The number of carbonyl (C=O) groups is 1. The number of nitrogens with one attached hydrogen (secondary N) is 2. The first-order chi connectivity index (χ1) is 11.2. The van der Waals surface area contributed by atoms with Crippen LogP contribution >= 0.6 is 0 Å². The van der Waals surface area contributed by atoms with Crippen LogP contribution in [0, 0.1) is 5.41 Å². The molecule has 0 atom stereocenters. The number of rotatable bonds is 4. The van der Waals surface area contributed by atoms with E-state index in [1.54, 1.807) is 4.90 Å². The summed E-state index contributed by atoms with van der Waals surface area (Å²) < 4.78 is 0. The summed E-state index contributed by atoms with van der Waals surface area (Å²) in [6, 6.07) is 19.5. The number of likely N-dealkylation sites (tertiary alicyclic amines) is 1. The molecule has 1 amide bonds. The molecule has 3 rings (SSSR count). The lowest BCUT2D eigenvalue weighted by Crippen LogP contribution is -2.42. The topological polar surface area (TPSA) is 76.4 Å². The molecular formula is C18H19N3O2. The van der Waals surface area contributed by atoms with Gasteiger partial charge in [0, 0.05) is 6.54 Å². The molecule has 1 heterocycles. The molecule has 0 bridgehead atoms. The number of hydrogen-bond donors (Lipinski definition) is 3. The lowest BCUT2D eigenvalue weighted by molar-refractivity contribution is -0.130. The maximum absolute atomic E-state index is 13.2. The first-order valence-corrected chi connectivity index (χ1v) is 7.56. The van der Waals surface area contributed by atoms with E-state index in [0.29, 0.717) is 13.0 Å². The molecule has 2 aromatic carbocycles. The van der Waals surface area contributed by atoms with Crippen molar-refractivity contribution in [1.29, 1.82) is 5.41 Å². The van der Waals surface area contributed by atoms with Gasteiger partial charge in [-0.05, 0) is 17.5 Å². The van der Waals surface area contributed by atoms with Crippen molar-refractivity contribution in [2.24, 2.45) is 0 Å². The fourth-order valence-corrected chi connectivity index (χ4v) is 3.31. The van der Waals surface area contributed by atoms with E-state index in [2.05, 4.69) is 0 Å². The van der Waals surface area contributed by atoms with Gasteiger partial charge in [0.05, 0.1) is 6.54 Å². The number of benzene rings is 2. The molecule has 2 aromatic rings. The van der Waals surface area contributed by atoms with Crippen molar-refractivity contribution in [2.45, 2.75) is 11.8 Å². The zero-order chi connectivity index (χ0) is 16.3. The second kappa shape index (κ2) is 6.22. The molecular weight excluding hydrogens is 290 g/mol. The van der Waals surface area contributed by atoms with Gasteiger partial charge in [0.1, 0.15) is 11.3 Å². The van der Waals surface area contributed by atoms with Crippen LogP contribution in [-0.4, -0.2) is 34.9 Å². The summed E-state index contributed by atoms with van der Waals surface area (Å²) in [7, 11) is 0. The monoisotopic (exact) mass is 309 g/mol. The zero-order valence-electron chi connectivity index (χ0n) is 12.7. The van der Waals surface area contributed by atoms with Gasteiger partial charge in [-0.25, -0.2) is 0 Å². The number of carbonyl (C=O) groups excluding carboxylic acids is 1. The summed E-state index contributed by atoms with van der Waals surface area (Å²) in [5.41, 5.74) is 3.01. The normalized spacial score (nSPS) is 16.4. The lowest BCUT2D eigenvalue weighted by atomic mass is 9.73. The smallest absolute Gasteiger partial charge is 0.238 e. The highest BCUT2D eigenvalue weighted by molar-refractivity contribution is 5.96. The average molecular weight is 309 g/mol. The van der Waals surface area contributed by atoms with E-state index >= 15 is 0 Å². The maximum atomic E-state index is 13.2. The van der Waals surface area contributed by atoms with Crippen molar-refractivity contribution in [3.63, 3.8) is 0 Å². The van der Waals surface area contributed by atoms with Crippen molar-refractivity contribution >= 4 is 11.7 Å². The van der Waals surface area contributed by atoms with Crippen molar-refractivity contribution in [3.8, 4) is 0 Å². The molecule has 23 heavy (non-hydrogen) atoms. The number of nitrogens with zero attached hydrogens (tertiary/aromatic N) is 1. The Balaban J connectivity index is 2.05. The lowest BCUT2D eigenvalue weighted by Gasteiger charge is -2.29. The molecule has 3 N–H and O–H groups in total. The SMILES string of the molecule is N=C(CN1CCC(c2ccccc2)(c2ccccc2)C1=O)NO. The van der Waals surface area contributed by atoms with Crippen molar-refractivity contribution < 1.29 is 10.0 Å². The zero-order valence-corrected chi connectivity index (χ0v) is 12.7. The van der Waals surface area contributed by atoms with Crippen LogP contribution in [0.2, 0.25) is 0 Å². The maximum Gasteiger partial charge on any atom is 0.238 e. The first-order valence-electron chi connectivity index (χ1n) is 7.56. The summed E-state index contributed by atoms with van der Waals surface area (Å²) >= 11 is 0. The second-order valence-corrected chi connectivity index (χ2v) is 5.70. The van der Waals surface area contributed by atoms with Gasteiger partial charge in [0.25, 0.3) is 0 Å². The first kappa shape index (κ1) is 15.2. The molecule has 0 saturated carbocycles. The van der Waals surface area contributed by atoms with Crippen molar-refractivity contribution in [3.05, 3.63) is 71.8 Å². The van der Waals surface area contributed by atoms with Crippen molar-refractivity contribution in [1.82, 2.24) is 10.4 Å². The van der Waals surface area contributed by atoms with E-state index in [-0.39, 0.29) is 18.3 Å². The Kier molecular flexibility index (Phi) is 4.12. The van der Waals surface area contributed by atoms with Gasteiger partial charge in [0.2, 0.25) is 5.91 Å². The molecule has 1 fully saturated rings. The standard InChI is InChI=1S/C18H19N3O2/c19-16(20-23)13-21-12-11-18(17(21)22,14-7-3-1-4-8-14)15-9-5-2-6-10-15/h1-10,23H,11-13H2,(H2,19,20). The molecule has 0 radical (unpaired) electrons. The van der Waals surface area contributed by atoms with Gasteiger partial charge in [0.15, 0.2) is 0 Å². The largest absolute Gasteiger partial charge is 0.334 e. The number of amides is 1. The van der Waals surface area contributed by atoms with Crippen LogP contribution in [-0.2, 0) is 10.2 Å². The Morgan fingerprint density at radius 3 is 2.09 bits per heavy atom. The van der Waals surface area contributed by atoms with E-state index in [9.17, 15) is 4.79 Å². The van der Waals surface area contributed by atoms with E-state index in [1.807, 2.05) is 66.1 Å². The highest BCUT2D eigenvalue weighted by Crippen LogP contribution is 2.41. The van der Waals surface area contributed by atoms with Crippen LogP contribution in [0.1, 0.15) is 17.5 Å². The molecule has 1 aliphatic heterocycles. The Hall–Kier alpha value is -2.66. The predicted octanol–water partition coefficient (Wildman–Crippen LogP) is 2.16. The Morgan fingerprint density at radius 2 is 1.61 bits per heavy atom. The van der Waals surface area contributed by atoms with E-state index in [4.69, 9.17) is 10.6 Å². The highest BCUT2D eigenvalue weighted by Gasteiger charge is 2.49. The summed E-state index contributed by atoms with van der Waals surface area (Å²) in [6.45, 7) is 0.628. The van der Waals surface area contributed by atoms with Crippen LogP contribution in [0.15, 0.2) is 60.7 Å². The van der Waals surface area contributed by atoms with Gasteiger partial charge < -0.3 is 4.90 Å². The third-order valence-corrected chi connectivity index (χ3v) is 4.43. The van der Waals surface area contributed by atoms with Crippen LogP contribution < -0.4 is 5.48 Å². The molecule has 0 unspecified atom stereocenters.